The van der Waals surface area contributed by atoms with Crippen LogP contribution in [-0.4, -0.2) is 55.4 Å². The Morgan fingerprint density at radius 1 is 0.917 bits per heavy atom. The molecule has 1 fully saturated rings. The van der Waals surface area contributed by atoms with Crippen molar-refractivity contribution in [3.63, 3.8) is 0 Å². The molecule has 1 aliphatic heterocycles. The highest BCUT2D eigenvalue weighted by molar-refractivity contribution is 6.30. The Kier molecular flexibility index (Phi) is 7.80. The molecule has 1 saturated heterocycles. The highest BCUT2D eigenvalue weighted by Crippen LogP contribution is 2.26. The summed E-state index contributed by atoms with van der Waals surface area (Å²) in [7, 11) is 2.51. The highest BCUT2D eigenvalue weighted by Gasteiger charge is 2.27. The van der Waals surface area contributed by atoms with Crippen molar-refractivity contribution in [2.75, 3.05) is 37.5 Å². The number of piperidine rings is 1. The number of hydrogen-bond acceptors (Lipinski definition) is 8. The molecule has 9 nitrogen and oxygen atoms in total. The summed E-state index contributed by atoms with van der Waals surface area (Å²) in [5.74, 6) is -0.943. The zero-order valence-corrected chi connectivity index (χ0v) is 20.6. The number of carbonyl (C=O) groups excluding carboxylic acids is 3. The maximum absolute atomic E-state index is 13.0. The first-order chi connectivity index (χ1) is 17.4. The Hall–Kier alpha value is -3.98. The number of aromatic nitrogens is 2. The molecule has 0 atom stereocenters. The molecule has 4 rings (SSSR count). The molecule has 1 amide bonds. The molecule has 1 aromatic heterocycles. The van der Waals surface area contributed by atoms with E-state index in [-0.39, 0.29) is 28.6 Å². The van der Waals surface area contributed by atoms with Crippen LogP contribution in [0, 0.1) is 5.92 Å². The van der Waals surface area contributed by atoms with Crippen molar-refractivity contribution in [1.82, 2.24) is 10.2 Å². The van der Waals surface area contributed by atoms with Crippen molar-refractivity contribution in [1.29, 1.82) is 0 Å². The number of carbonyl (C=O) groups is 3. The number of amides is 1. The van der Waals surface area contributed by atoms with Crippen LogP contribution in [0.2, 0.25) is 5.02 Å². The van der Waals surface area contributed by atoms with Gasteiger partial charge in [-0.1, -0.05) is 23.7 Å². The van der Waals surface area contributed by atoms with Crippen LogP contribution >= 0.6 is 11.6 Å². The molecule has 0 aliphatic carbocycles. The zero-order valence-electron chi connectivity index (χ0n) is 19.9. The van der Waals surface area contributed by atoms with Gasteiger partial charge in [-0.05, 0) is 55.3 Å². The van der Waals surface area contributed by atoms with Gasteiger partial charge in [-0.2, -0.15) is 0 Å². The van der Waals surface area contributed by atoms with E-state index in [0.29, 0.717) is 31.0 Å². The monoisotopic (exact) mass is 508 g/mol. The number of nitrogens with zero attached hydrogens (tertiary/aromatic N) is 3. The normalized spacial score (nSPS) is 13.7. The van der Waals surface area contributed by atoms with E-state index < -0.39 is 11.9 Å². The number of anilines is 2. The molecule has 2 aromatic carbocycles. The predicted octanol–water partition coefficient (Wildman–Crippen LogP) is 4.23. The molecule has 36 heavy (non-hydrogen) atoms. The third-order valence-electron chi connectivity index (χ3n) is 6.08. The second-order valence-electron chi connectivity index (χ2n) is 8.28. The minimum absolute atomic E-state index is 0.159. The number of rotatable bonds is 6. The Bertz CT molecular complexity index is 1260. The van der Waals surface area contributed by atoms with Crippen molar-refractivity contribution in [3.05, 3.63) is 70.7 Å². The van der Waals surface area contributed by atoms with Gasteiger partial charge in [0.1, 0.15) is 0 Å². The van der Waals surface area contributed by atoms with Crippen LogP contribution in [0.4, 0.5) is 11.5 Å². The van der Waals surface area contributed by atoms with E-state index in [0.717, 1.165) is 17.1 Å². The first-order valence-corrected chi connectivity index (χ1v) is 11.7. The lowest BCUT2D eigenvalue weighted by atomic mass is 9.95. The van der Waals surface area contributed by atoms with E-state index in [1.54, 1.807) is 0 Å². The van der Waals surface area contributed by atoms with Crippen LogP contribution in [0.15, 0.2) is 54.6 Å². The second-order valence-corrected chi connectivity index (χ2v) is 8.71. The lowest BCUT2D eigenvalue weighted by molar-refractivity contribution is -0.120. The lowest BCUT2D eigenvalue weighted by Crippen LogP contribution is -2.38. The zero-order chi connectivity index (χ0) is 25.7. The summed E-state index contributed by atoms with van der Waals surface area (Å²) in [5, 5.41) is 12.1. The number of hydrogen-bond donors (Lipinski definition) is 1. The van der Waals surface area contributed by atoms with E-state index in [2.05, 4.69) is 20.4 Å². The number of esters is 2. The highest BCUT2D eigenvalue weighted by atomic mass is 35.5. The predicted molar refractivity (Wildman–Crippen MR) is 135 cm³/mol. The van der Waals surface area contributed by atoms with Gasteiger partial charge in [-0.15, -0.1) is 10.2 Å². The van der Waals surface area contributed by atoms with Crippen molar-refractivity contribution >= 4 is 41.0 Å². The molecular weight excluding hydrogens is 484 g/mol. The summed E-state index contributed by atoms with van der Waals surface area (Å²) in [6.07, 6.45) is 1.19. The largest absolute Gasteiger partial charge is 0.465 e. The smallest absolute Gasteiger partial charge is 0.339 e. The molecule has 0 radical (unpaired) electrons. The van der Waals surface area contributed by atoms with Gasteiger partial charge in [0.2, 0.25) is 5.91 Å². The molecule has 10 heteroatoms. The first-order valence-electron chi connectivity index (χ1n) is 11.4. The average molecular weight is 509 g/mol. The number of benzene rings is 2. The van der Waals surface area contributed by atoms with Crippen LogP contribution in [0.5, 0.6) is 0 Å². The van der Waals surface area contributed by atoms with Gasteiger partial charge in [-0.25, -0.2) is 9.59 Å². The molecule has 186 valence electrons. The third kappa shape index (κ3) is 5.63. The molecule has 0 saturated carbocycles. The fraction of sp³-hybridized carbons (Fsp3) is 0.269. The van der Waals surface area contributed by atoms with Crippen LogP contribution in [0.1, 0.15) is 33.6 Å². The standard InChI is InChI=1S/C26H25ClN4O5/c1-35-25(33)18-5-8-20(26(34)36-2)22(15-18)28-24(32)17-11-13-31(14-12-17)23-10-9-21(29-30-23)16-3-6-19(27)7-4-16/h3-10,15,17H,11-14H2,1-2H3,(H,28,32). The molecule has 0 spiro atoms. The van der Waals surface area contributed by atoms with Gasteiger partial charge in [0.05, 0.1) is 36.7 Å². The van der Waals surface area contributed by atoms with E-state index in [1.165, 1.54) is 32.4 Å². The van der Waals surface area contributed by atoms with Crippen LogP contribution in [0.3, 0.4) is 0 Å². The quantitative estimate of drug-likeness (QED) is 0.492. The van der Waals surface area contributed by atoms with Gasteiger partial charge < -0.3 is 19.7 Å². The summed E-state index contributed by atoms with van der Waals surface area (Å²) >= 11 is 5.95. The van der Waals surface area contributed by atoms with Gasteiger partial charge in [-0.3, -0.25) is 4.79 Å². The third-order valence-corrected chi connectivity index (χ3v) is 6.34. The van der Waals surface area contributed by atoms with Crippen molar-refractivity contribution < 1.29 is 23.9 Å². The van der Waals surface area contributed by atoms with E-state index >= 15 is 0 Å². The van der Waals surface area contributed by atoms with Crippen LogP contribution < -0.4 is 10.2 Å². The van der Waals surface area contributed by atoms with Gasteiger partial charge in [0.15, 0.2) is 5.82 Å². The summed E-state index contributed by atoms with van der Waals surface area (Å²) in [6.45, 7) is 1.25. The Morgan fingerprint density at radius 3 is 2.22 bits per heavy atom. The molecule has 1 aliphatic rings. The fourth-order valence-corrected chi connectivity index (χ4v) is 4.18. The summed E-state index contributed by atoms with van der Waals surface area (Å²) in [5.41, 5.74) is 2.26. The number of methoxy groups -OCH3 is 2. The maximum Gasteiger partial charge on any atom is 0.339 e. The fourth-order valence-electron chi connectivity index (χ4n) is 4.05. The number of halogens is 1. The number of nitrogens with one attached hydrogen (secondary N) is 1. The van der Waals surface area contributed by atoms with Gasteiger partial charge >= 0.3 is 11.9 Å². The SMILES string of the molecule is COC(=O)c1ccc(C(=O)OC)c(NC(=O)C2CCN(c3ccc(-c4ccc(Cl)cc4)nn3)CC2)c1. The van der Waals surface area contributed by atoms with Crippen LogP contribution in [-0.2, 0) is 14.3 Å². The topological polar surface area (TPSA) is 111 Å². The molecule has 0 unspecified atom stereocenters. The van der Waals surface area contributed by atoms with E-state index in [9.17, 15) is 14.4 Å². The minimum Gasteiger partial charge on any atom is -0.465 e. The summed E-state index contributed by atoms with van der Waals surface area (Å²) < 4.78 is 9.54. The first kappa shape index (κ1) is 25.1. The Morgan fingerprint density at radius 2 is 1.61 bits per heavy atom. The second kappa shape index (κ2) is 11.2. The Labute approximate surface area is 213 Å². The lowest BCUT2D eigenvalue weighted by Gasteiger charge is -2.32. The van der Waals surface area contributed by atoms with Gasteiger partial charge in [0, 0.05) is 29.6 Å². The van der Waals surface area contributed by atoms with E-state index in [4.69, 9.17) is 21.1 Å². The van der Waals surface area contributed by atoms with Crippen molar-refractivity contribution in [3.8, 4) is 11.3 Å². The molecule has 3 aromatic rings. The Balaban J connectivity index is 1.40. The summed E-state index contributed by atoms with van der Waals surface area (Å²) in [6, 6.07) is 15.5. The van der Waals surface area contributed by atoms with E-state index in [1.807, 2.05) is 36.4 Å². The van der Waals surface area contributed by atoms with Crippen molar-refractivity contribution in [2.24, 2.45) is 5.92 Å². The number of ether oxygens (including phenoxy) is 2. The molecular formula is C26H25ClN4O5. The van der Waals surface area contributed by atoms with Crippen LogP contribution in [0.25, 0.3) is 11.3 Å². The summed E-state index contributed by atoms with van der Waals surface area (Å²) in [4.78, 5) is 39.2. The minimum atomic E-state index is -0.614. The average Bonchev–Trinajstić information content (AvgIpc) is 2.92. The molecule has 0 bridgehead atoms. The van der Waals surface area contributed by atoms with Crippen molar-refractivity contribution in [2.45, 2.75) is 12.8 Å². The van der Waals surface area contributed by atoms with Gasteiger partial charge in [0.25, 0.3) is 0 Å². The maximum atomic E-state index is 13.0. The molecule has 2 heterocycles. The molecule has 1 N–H and O–H groups in total.